The van der Waals surface area contributed by atoms with E-state index in [1.807, 2.05) is 48.7 Å². The van der Waals surface area contributed by atoms with Crippen molar-refractivity contribution >= 4 is 5.91 Å². The number of amides is 1. The number of carbonyl (C=O) groups excluding carboxylic acids is 1. The second kappa shape index (κ2) is 11.1. The molecule has 0 spiro atoms. The summed E-state index contributed by atoms with van der Waals surface area (Å²) in [6, 6.07) is 13.9. The van der Waals surface area contributed by atoms with Gasteiger partial charge in [-0.1, -0.05) is 44.2 Å². The van der Waals surface area contributed by atoms with E-state index in [9.17, 15) is 4.79 Å². The summed E-state index contributed by atoms with van der Waals surface area (Å²) in [4.78, 5) is 25.9. The van der Waals surface area contributed by atoms with Gasteiger partial charge in [0.2, 0.25) is 5.91 Å². The Kier molecular flexibility index (Phi) is 7.75. The Morgan fingerprint density at radius 1 is 1.18 bits per heavy atom. The molecule has 3 aromatic rings. The molecular weight excluding hydrogens is 416 g/mol. The van der Waals surface area contributed by atoms with E-state index in [-0.39, 0.29) is 24.5 Å². The lowest BCUT2D eigenvalue weighted by atomic mass is 10.0. The monoisotopic (exact) mass is 446 g/mol. The third-order valence-electron chi connectivity index (χ3n) is 5.54. The number of hydrogen-bond acceptors (Lipinski definition) is 6. The van der Waals surface area contributed by atoms with E-state index in [2.05, 4.69) is 29.1 Å². The SMILES string of the molecule is CC(C)c1ncc(-c2ccccn2)c(-c2ccc(CNC(=O)COCC3CCCO3)cc2)n1. The summed E-state index contributed by atoms with van der Waals surface area (Å²) >= 11 is 0. The molecule has 1 aromatic carbocycles. The van der Waals surface area contributed by atoms with Crippen LogP contribution in [0.4, 0.5) is 0 Å². The summed E-state index contributed by atoms with van der Waals surface area (Å²) in [7, 11) is 0. The molecule has 172 valence electrons. The van der Waals surface area contributed by atoms with Crippen molar-refractivity contribution in [3.63, 3.8) is 0 Å². The quantitative estimate of drug-likeness (QED) is 0.532. The fourth-order valence-corrected chi connectivity index (χ4v) is 3.69. The van der Waals surface area contributed by atoms with Gasteiger partial charge < -0.3 is 14.8 Å². The van der Waals surface area contributed by atoms with Crippen molar-refractivity contribution < 1.29 is 14.3 Å². The molecule has 3 heterocycles. The molecule has 1 aliphatic heterocycles. The van der Waals surface area contributed by atoms with Crippen LogP contribution in [0.1, 0.15) is 44.0 Å². The van der Waals surface area contributed by atoms with E-state index in [1.165, 1.54) is 0 Å². The Bertz CT molecular complexity index is 1050. The maximum atomic E-state index is 12.1. The second-order valence-corrected chi connectivity index (χ2v) is 8.48. The zero-order valence-electron chi connectivity index (χ0n) is 19.2. The summed E-state index contributed by atoms with van der Waals surface area (Å²) in [6.07, 6.45) is 5.81. The van der Waals surface area contributed by atoms with Gasteiger partial charge in [-0.3, -0.25) is 9.78 Å². The van der Waals surface area contributed by atoms with Crippen molar-refractivity contribution in [2.45, 2.75) is 45.3 Å². The van der Waals surface area contributed by atoms with Gasteiger partial charge in [-0.2, -0.15) is 0 Å². The molecule has 1 unspecified atom stereocenters. The predicted octanol–water partition coefficient (Wildman–Crippen LogP) is 4.14. The van der Waals surface area contributed by atoms with Gasteiger partial charge in [-0.25, -0.2) is 9.97 Å². The van der Waals surface area contributed by atoms with Gasteiger partial charge in [-0.15, -0.1) is 0 Å². The van der Waals surface area contributed by atoms with Crippen LogP contribution in [0.2, 0.25) is 0 Å². The molecule has 0 radical (unpaired) electrons. The minimum absolute atomic E-state index is 0.0459. The lowest BCUT2D eigenvalue weighted by Gasteiger charge is -2.13. The van der Waals surface area contributed by atoms with E-state index in [0.717, 1.165) is 53.4 Å². The largest absolute Gasteiger partial charge is 0.376 e. The van der Waals surface area contributed by atoms with Gasteiger partial charge in [0.15, 0.2) is 0 Å². The van der Waals surface area contributed by atoms with Crippen LogP contribution in [-0.2, 0) is 20.8 Å². The fourth-order valence-electron chi connectivity index (χ4n) is 3.69. The molecule has 1 N–H and O–H groups in total. The Morgan fingerprint density at radius 3 is 2.73 bits per heavy atom. The number of nitrogens with zero attached hydrogens (tertiary/aromatic N) is 3. The molecule has 1 fully saturated rings. The van der Waals surface area contributed by atoms with Crippen LogP contribution in [0, 0.1) is 0 Å². The van der Waals surface area contributed by atoms with Crippen LogP contribution >= 0.6 is 0 Å². The van der Waals surface area contributed by atoms with Crippen molar-refractivity contribution in [1.29, 1.82) is 0 Å². The van der Waals surface area contributed by atoms with E-state index in [4.69, 9.17) is 14.5 Å². The summed E-state index contributed by atoms with van der Waals surface area (Å²) < 4.78 is 11.0. The van der Waals surface area contributed by atoms with Crippen molar-refractivity contribution in [2.75, 3.05) is 19.8 Å². The van der Waals surface area contributed by atoms with E-state index in [0.29, 0.717) is 13.2 Å². The van der Waals surface area contributed by atoms with Gasteiger partial charge in [0.05, 0.1) is 24.1 Å². The highest BCUT2D eigenvalue weighted by Gasteiger charge is 2.16. The second-order valence-electron chi connectivity index (χ2n) is 8.48. The average molecular weight is 447 g/mol. The molecule has 1 saturated heterocycles. The Morgan fingerprint density at radius 2 is 2.03 bits per heavy atom. The number of pyridine rings is 1. The number of benzene rings is 1. The standard InChI is InChI=1S/C26H30N4O3/c1-18(2)26-29-15-22(23-7-3-4-12-27-23)25(30-26)20-10-8-19(9-11-20)14-28-24(31)17-32-16-21-6-5-13-33-21/h3-4,7-12,15,18,21H,5-6,13-14,16-17H2,1-2H3,(H,28,31). The first-order chi connectivity index (χ1) is 16.1. The van der Waals surface area contributed by atoms with Gasteiger partial charge in [0, 0.05) is 42.6 Å². The predicted molar refractivity (Wildman–Crippen MR) is 126 cm³/mol. The van der Waals surface area contributed by atoms with E-state index < -0.39 is 0 Å². The van der Waals surface area contributed by atoms with Crippen LogP contribution in [0.25, 0.3) is 22.5 Å². The lowest BCUT2D eigenvalue weighted by molar-refractivity contribution is -0.127. The molecule has 4 rings (SSSR count). The molecular formula is C26H30N4O3. The Balaban J connectivity index is 1.41. The number of aromatic nitrogens is 3. The van der Waals surface area contributed by atoms with Crippen molar-refractivity contribution in [3.8, 4) is 22.5 Å². The topological polar surface area (TPSA) is 86.2 Å². The average Bonchev–Trinajstić information content (AvgIpc) is 3.37. The highest BCUT2D eigenvalue weighted by Crippen LogP contribution is 2.30. The molecule has 7 heteroatoms. The summed E-state index contributed by atoms with van der Waals surface area (Å²) in [5, 5.41) is 2.90. The molecule has 7 nitrogen and oxygen atoms in total. The summed E-state index contributed by atoms with van der Waals surface area (Å²) in [6.45, 7) is 5.90. The first-order valence-corrected chi connectivity index (χ1v) is 11.4. The third-order valence-corrected chi connectivity index (χ3v) is 5.54. The lowest BCUT2D eigenvalue weighted by Crippen LogP contribution is -2.28. The highest BCUT2D eigenvalue weighted by molar-refractivity contribution is 5.79. The molecule has 1 amide bonds. The van der Waals surface area contributed by atoms with Crippen LogP contribution in [-0.4, -0.2) is 46.8 Å². The van der Waals surface area contributed by atoms with Crippen LogP contribution in [0.5, 0.6) is 0 Å². The van der Waals surface area contributed by atoms with Gasteiger partial charge in [0.25, 0.3) is 0 Å². The Hall–Kier alpha value is -3.16. The maximum Gasteiger partial charge on any atom is 0.246 e. The van der Waals surface area contributed by atoms with Gasteiger partial charge in [-0.05, 0) is 30.5 Å². The summed E-state index contributed by atoms with van der Waals surface area (Å²) in [5.41, 5.74) is 4.57. The minimum Gasteiger partial charge on any atom is -0.376 e. The third kappa shape index (κ3) is 6.21. The van der Waals surface area contributed by atoms with Crippen molar-refractivity contribution in [1.82, 2.24) is 20.3 Å². The van der Waals surface area contributed by atoms with Crippen molar-refractivity contribution in [3.05, 3.63) is 66.2 Å². The molecule has 0 saturated carbocycles. The number of rotatable bonds is 9. The van der Waals surface area contributed by atoms with Gasteiger partial charge in [0.1, 0.15) is 12.4 Å². The first kappa shape index (κ1) is 23.0. The summed E-state index contributed by atoms with van der Waals surface area (Å²) in [5.74, 6) is 0.884. The smallest absolute Gasteiger partial charge is 0.246 e. The number of carbonyl (C=O) groups is 1. The highest BCUT2D eigenvalue weighted by atomic mass is 16.5. The molecule has 1 aliphatic rings. The normalized spacial score (nSPS) is 15.7. The molecule has 2 aromatic heterocycles. The molecule has 0 bridgehead atoms. The van der Waals surface area contributed by atoms with Gasteiger partial charge >= 0.3 is 0 Å². The van der Waals surface area contributed by atoms with Crippen LogP contribution < -0.4 is 5.32 Å². The van der Waals surface area contributed by atoms with Crippen LogP contribution in [0.3, 0.4) is 0 Å². The molecule has 0 aliphatic carbocycles. The zero-order valence-corrected chi connectivity index (χ0v) is 19.2. The first-order valence-electron chi connectivity index (χ1n) is 11.4. The van der Waals surface area contributed by atoms with E-state index in [1.54, 1.807) is 6.20 Å². The number of nitrogens with one attached hydrogen (secondary N) is 1. The minimum atomic E-state index is -0.133. The zero-order chi connectivity index (χ0) is 23.0. The fraction of sp³-hybridized carbons (Fsp3) is 0.385. The van der Waals surface area contributed by atoms with Crippen molar-refractivity contribution in [2.24, 2.45) is 0 Å². The molecule has 1 atom stereocenters. The van der Waals surface area contributed by atoms with Crippen LogP contribution in [0.15, 0.2) is 54.9 Å². The molecule has 33 heavy (non-hydrogen) atoms. The maximum absolute atomic E-state index is 12.1. The van der Waals surface area contributed by atoms with E-state index >= 15 is 0 Å². The Labute approximate surface area is 194 Å². The number of ether oxygens (including phenoxy) is 2. The number of hydrogen-bond donors (Lipinski definition) is 1.